The highest BCUT2D eigenvalue weighted by molar-refractivity contribution is 5.83. The molecule has 1 fully saturated rings. The maximum Gasteiger partial charge on any atom is 0.348 e. The van der Waals surface area contributed by atoms with Gasteiger partial charge in [0.15, 0.2) is 6.29 Å². The van der Waals surface area contributed by atoms with Crippen LogP contribution in [0.1, 0.15) is 48.2 Å². The van der Waals surface area contributed by atoms with Gasteiger partial charge in [0.05, 0.1) is 18.4 Å². The van der Waals surface area contributed by atoms with Crippen molar-refractivity contribution >= 4 is 12.0 Å². The first-order chi connectivity index (χ1) is 12.0. The summed E-state index contributed by atoms with van der Waals surface area (Å²) < 4.78 is 5.52. The van der Waals surface area contributed by atoms with Crippen molar-refractivity contribution < 1.29 is 19.4 Å². The number of carbonyl (C=O) groups is 1. The van der Waals surface area contributed by atoms with Gasteiger partial charge in [-0.2, -0.15) is 0 Å². The summed E-state index contributed by atoms with van der Waals surface area (Å²) in [5, 5.41) is 21.9. The van der Waals surface area contributed by atoms with Gasteiger partial charge in [-0.25, -0.2) is 4.79 Å². The zero-order valence-electron chi connectivity index (χ0n) is 14.4. The summed E-state index contributed by atoms with van der Waals surface area (Å²) in [5.41, 5.74) is -0.293. The van der Waals surface area contributed by atoms with E-state index in [-0.39, 0.29) is 42.6 Å². The Morgan fingerprint density at radius 3 is 2.88 bits per heavy atom. The van der Waals surface area contributed by atoms with Gasteiger partial charge < -0.3 is 19.9 Å². The number of allylic oxidation sites excluding steroid dienone is 2. The number of aliphatic hydroxyl groups excluding tert-OH is 2. The highest BCUT2D eigenvalue weighted by Gasteiger charge is 2.40. The van der Waals surface area contributed by atoms with Gasteiger partial charge in [0.25, 0.3) is 0 Å². The van der Waals surface area contributed by atoms with E-state index >= 15 is 0 Å². The van der Waals surface area contributed by atoms with Gasteiger partial charge in [0.1, 0.15) is 11.3 Å². The Balaban J connectivity index is 1.99. The van der Waals surface area contributed by atoms with Crippen molar-refractivity contribution in [3.8, 4) is 0 Å². The van der Waals surface area contributed by atoms with Crippen LogP contribution < -0.4 is 10.9 Å². The molecule has 3 rings (SSSR count). The van der Waals surface area contributed by atoms with E-state index in [1.54, 1.807) is 6.07 Å². The third-order valence-corrected chi connectivity index (χ3v) is 5.50. The largest absolute Gasteiger partial charge is 0.427 e. The van der Waals surface area contributed by atoms with E-state index in [1.807, 2.05) is 0 Å². The van der Waals surface area contributed by atoms with Crippen molar-refractivity contribution in [2.75, 3.05) is 18.5 Å². The molecule has 3 N–H and O–H groups in total. The number of aldehydes is 1. The van der Waals surface area contributed by atoms with Crippen LogP contribution >= 0.6 is 0 Å². The molecular formula is C19H25NO5. The van der Waals surface area contributed by atoms with Crippen molar-refractivity contribution in [2.24, 2.45) is 17.8 Å². The molecule has 0 saturated heterocycles. The summed E-state index contributed by atoms with van der Waals surface area (Å²) in [5.74, 6) is 1.38. The summed E-state index contributed by atoms with van der Waals surface area (Å²) >= 11 is 0. The van der Waals surface area contributed by atoms with E-state index in [0.717, 1.165) is 19.3 Å². The molecule has 1 saturated carbocycles. The maximum absolute atomic E-state index is 12.3. The molecule has 0 amide bonds. The lowest BCUT2D eigenvalue weighted by Gasteiger charge is -2.42. The fraction of sp³-hybridized carbons (Fsp3) is 0.579. The Morgan fingerprint density at radius 2 is 2.16 bits per heavy atom. The maximum atomic E-state index is 12.3. The van der Waals surface area contributed by atoms with E-state index in [0.29, 0.717) is 23.7 Å². The minimum atomic E-state index is -0.651. The first-order valence-corrected chi connectivity index (χ1v) is 8.89. The standard InChI is InChI=1S/C19H25NO5/c1-11-2-3-12-8-13(23)4-5-14(12)18(11)17-9-16(20-6-7-21)15(10-22)19(24)25-17/h2-3,9-14,18,20-21,23H,4-8H2,1H3/t11-,12-,13+,14?,18+/m0/s1. The molecule has 0 aromatic carbocycles. The molecule has 1 aromatic rings. The number of hydrogen-bond acceptors (Lipinski definition) is 6. The Morgan fingerprint density at radius 1 is 1.36 bits per heavy atom. The Kier molecular flexibility index (Phi) is 5.39. The van der Waals surface area contributed by atoms with Gasteiger partial charge >= 0.3 is 5.63 Å². The first kappa shape index (κ1) is 17.9. The second-order valence-corrected chi connectivity index (χ2v) is 7.10. The number of rotatable bonds is 5. The van der Waals surface area contributed by atoms with Crippen molar-refractivity contribution in [1.29, 1.82) is 0 Å². The molecule has 0 bridgehead atoms. The van der Waals surface area contributed by atoms with Crippen molar-refractivity contribution in [2.45, 2.75) is 38.2 Å². The van der Waals surface area contributed by atoms with Crippen LogP contribution in [0.3, 0.4) is 0 Å². The molecule has 1 heterocycles. The van der Waals surface area contributed by atoms with E-state index in [1.165, 1.54) is 0 Å². The third kappa shape index (κ3) is 3.55. The smallest absolute Gasteiger partial charge is 0.348 e. The molecule has 6 nitrogen and oxygen atoms in total. The molecule has 1 unspecified atom stereocenters. The highest BCUT2D eigenvalue weighted by Crippen LogP contribution is 2.48. The van der Waals surface area contributed by atoms with Crippen LogP contribution in [0.5, 0.6) is 0 Å². The average Bonchev–Trinajstić information content (AvgIpc) is 2.59. The lowest BCUT2D eigenvalue weighted by Crippen LogP contribution is -2.35. The fourth-order valence-corrected chi connectivity index (χ4v) is 4.30. The summed E-state index contributed by atoms with van der Waals surface area (Å²) in [6.07, 6.45) is 6.88. The molecule has 1 aromatic heterocycles. The number of hydrogen-bond donors (Lipinski definition) is 3. The van der Waals surface area contributed by atoms with E-state index < -0.39 is 5.63 Å². The molecule has 5 atom stereocenters. The lowest BCUT2D eigenvalue weighted by atomic mass is 9.64. The van der Waals surface area contributed by atoms with E-state index in [9.17, 15) is 14.7 Å². The minimum absolute atomic E-state index is 0.0329. The average molecular weight is 347 g/mol. The molecule has 136 valence electrons. The number of anilines is 1. The van der Waals surface area contributed by atoms with Crippen LogP contribution in [0, 0.1) is 17.8 Å². The Bertz CT molecular complexity index is 710. The van der Waals surface area contributed by atoms with Crippen LogP contribution in [-0.2, 0) is 0 Å². The van der Waals surface area contributed by atoms with Crippen LogP contribution in [-0.4, -0.2) is 35.8 Å². The van der Waals surface area contributed by atoms with E-state index in [4.69, 9.17) is 9.52 Å². The fourth-order valence-electron chi connectivity index (χ4n) is 4.30. The molecule has 6 heteroatoms. The summed E-state index contributed by atoms with van der Waals surface area (Å²) in [4.78, 5) is 23.5. The van der Waals surface area contributed by atoms with Gasteiger partial charge in [-0.3, -0.25) is 4.79 Å². The molecule has 2 aliphatic carbocycles. The Labute approximate surface area is 146 Å². The second-order valence-electron chi connectivity index (χ2n) is 7.10. The lowest BCUT2D eigenvalue weighted by molar-refractivity contribution is 0.0617. The third-order valence-electron chi connectivity index (χ3n) is 5.50. The zero-order chi connectivity index (χ0) is 18.0. The number of nitrogens with one attached hydrogen (secondary N) is 1. The number of carbonyl (C=O) groups excluding carboxylic acids is 1. The quantitative estimate of drug-likeness (QED) is 0.556. The minimum Gasteiger partial charge on any atom is -0.427 e. The Hall–Kier alpha value is -1.92. The molecule has 2 aliphatic rings. The van der Waals surface area contributed by atoms with Gasteiger partial charge in [-0.1, -0.05) is 19.1 Å². The molecular weight excluding hydrogens is 322 g/mol. The number of aliphatic hydroxyl groups is 2. The van der Waals surface area contributed by atoms with E-state index in [2.05, 4.69) is 24.4 Å². The van der Waals surface area contributed by atoms with Gasteiger partial charge in [-0.15, -0.1) is 0 Å². The first-order valence-electron chi connectivity index (χ1n) is 8.89. The molecule has 0 radical (unpaired) electrons. The summed E-state index contributed by atoms with van der Waals surface area (Å²) in [7, 11) is 0. The molecule has 25 heavy (non-hydrogen) atoms. The zero-order valence-corrected chi connectivity index (χ0v) is 14.4. The van der Waals surface area contributed by atoms with Gasteiger partial charge in [0, 0.05) is 18.5 Å². The molecule has 0 aliphatic heterocycles. The molecule has 0 spiro atoms. The van der Waals surface area contributed by atoms with Crippen LogP contribution in [0.4, 0.5) is 5.69 Å². The summed E-state index contributed by atoms with van der Waals surface area (Å²) in [6.45, 7) is 2.25. The van der Waals surface area contributed by atoms with Crippen LogP contribution in [0.15, 0.2) is 27.4 Å². The van der Waals surface area contributed by atoms with Crippen molar-refractivity contribution in [3.05, 3.63) is 40.0 Å². The van der Waals surface area contributed by atoms with Gasteiger partial charge in [0.2, 0.25) is 0 Å². The highest BCUT2D eigenvalue weighted by atomic mass is 16.4. The predicted molar refractivity (Wildman–Crippen MR) is 93.8 cm³/mol. The predicted octanol–water partition coefficient (Wildman–Crippen LogP) is 1.92. The van der Waals surface area contributed by atoms with Crippen LogP contribution in [0.2, 0.25) is 0 Å². The normalized spacial score (nSPS) is 31.4. The monoisotopic (exact) mass is 347 g/mol. The van der Waals surface area contributed by atoms with Crippen molar-refractivity contribution in [3.63, 3.8) is 0 Å². The summed E-state index contributed by atoms with van der Waals surface area (Å²) in [6, 6.07) is 1.73. The second kappa shape index (κ2) is 7.54. The topological polar surface area (TPSA) is 99.8 Å². The van der Waals surface area contributed by atoms with Gasteiger partial charge in [-0.05, 0) is 37.0 Å². The number of fused-ring (bicyclic) bond motifs is 1. The SMILES string of the molecule is C[C@H]1C=C[C@H]2C[C@H](O)CCC2[C@@H]1c1cc(NCCO)c(C=O)c(=O)o1. The van der Waals surface area contributed by atoms with Crippen molar-refractivity contribution in [1.82, 2.24) is 0 Å². The van der Waals surface area contributed by atoms with Crippen LogP contribution in [0.25, 0.3) is 0 Å².